The smallest absolute Gasteiger partial charge is 0.315 e. The molecule has 0 radical (unpaired) electrons. The van der Waals surface area contributed by atoms with E-state index in [0.717, 1.165) is 16.6 Å². The summed E-state index contributed by atoms with van der Waals surface area (Å²) in [6.45, 7) is 0. The molecule has 0 amide bonds. The van der Waals surface area contributed by atoms with Gasteiger partial charge in [0.05, 0.1) is 17.4 Å². The molecule has 1 aromatic heterocycles. The number of aliphatic carboxylic acids is 1. The first-order chi connectivity index (χ1) is 7.27. The topological polar surface area (TPSA) is 66.0 Å². The maximum Gasteiger partial charge on any atom is 0.315 e. The van der Waals surface area contributed by atoms with Crippen molar-refractivity contribution in [3.05, 3.63) is 30.1 Å². The van der Waals surface area contributed by atoms with Gasteiger partial charge in [-0.25, -0.2) is 4.98 Å². The predicted molar refractivity (Wildman–Crippen MR) is 55.2 cm³/mol. The Morgan fingerprint density at radius 1 is 1.53 bits per heavy atom. The average molecular weight is 200 g/mol. The first-order valence-corrected chi connectivity index (χ1v) is 4.40. The third-order valence-electron chi connectivity index (χ3n) is 1.91. The monoisotopic (exact) mass is 200 g/mol. The molecule has 0 bridgehead atoms. The summed E-state index contributed by atoms with van der Waals surface area (Å²) in [4.78, 5) is 17.4. The molecule has 1 heterocycles. The fourth-order valence-corrected chi connectivity index (χ4v) is 1.28. The number of carboxylic acids is 1. The highest BCUT2D eigenvalue weighted by Crippen LogP contribution is 2.12. The lowest BCUT2D eigenvalue weighted by Crippen LogP contribution is -1.90. The molecule has 2 N–H and O–H groups in total. The standard InChI is InChI=1S/C11H8N2O2/c14-10(15)6-2-4-8-3-1-5-9-11(8)13-7-12-9/h1,3,5,7H,6H2,(H,12,13)(H,14,15). The fraction of sp³-hybridized carbons (Fsp3) is 0.0909. The van der Waals surface area contributed by atoms with E-state index >= 15 is 0 Å². The van der Waals surface area contributed by atoms with Crippen LogP contribution in [0.1, 0.15) is 12.0 Å². The molecule has 74 valence electrons. The Morgan fingerprint density at radius 3 is 3.20 bits per heavy atom. The van der Waals surface area contributed by atoms with Crippen molar-refractivity contribution in [3.8, 4) is 11.8 Å². The number of aromatic amines is 1. The van der Waals surface area contributed by atoms with E-state index in [1.165, 1.54) is 0 Å². The number of hydrogen-bond acceptors (Lipinski definition) is 2. The van der Waals surface area contributed by atoms with Gasteiger partial charge in [0.25, 0.3) is 0 Å². The van der Waals surface area contributed by atoms with Gasteiger partial charge in [-0.3, -0.25) is 4.79 Å². The molecule has 0 aliphatic carbocycles. The minimum atomic E-state index is -0.920. The fourth-order valence-electron chi connectivity index (χ4n) is 1.28. The number of carboxylic acid groups (broad SMARTS) is 1. The lowest BCUT2D eigenvalue weighted by Gasteiger charge is -1.91. The number of nitrogens with zero attached hydrogens (tertiary/aromatic N) is 1. The number of imidazole rings is 1. The van der Waals surface area contributed by atoms with Crippen molar-refractivity contribution in [3.63, 3.8) is 0 Å². The highest BCUT2D eigenvalue weighted by molar-refractivity contribution is 5.81. The van der Waals surface area contributed by atoms with Gasteiger partial charge in [-0.1, -0.05) is 17.9 Å². The lowest BCUT2D eigenvalue weighted by molar-refractivity contribution is -0.135. The van der Waals surface area contributed by atoms with Crippen LogP contribution in [0, 0.1) is 11.8 Å². The van der Waals surface area contributed by atoms with Gasteiger partial charge in [0.1, 0.15) is 11.9 Å². The molecule has 0 unspecified atom stereocenters. The van der Waals surface area contributed by atoms with Crippen LogP contribution < -0.4 is 0 Å². The summed E-state index contributed by atoms with van der Waals surface area (Å²) in [5, 5.41) is 8.44. The minimum Gasteiger partial charge on any atom is -0.481 e. The largest absolute Gasteiger partial charge is 0.481 e. The molecular formula is C11H8N2O2. The van der Waals surface area contributed by atoms with Crippen molar-refractivity contribution in [2.45, 2.75) is 6.42 Å². The van der Waals surface area contributed by atoms with E-state index in [0.29, 0.717) is 0 Å². The van der Waals surface area contributed by atoms with Crippen LogP contribution in [0.25, 0.3) is 11.0 Å². The first-order valence-electron chi connectivity index (χ1n) is 4.40. The number of benzene rings is 1. The number of hydrogen-bond donors (Lipinski definition) is 2. The summed E-state index contributed by atoms with van der Waals surface area (Å²) < 4.78 is 0. The van der Waals surface area contributed by atoms with Gasteiger partial charge >= 0.3 is 5.97 Å². The third kappa shape index (κ3) is 1.97. The molecule has 2 rings (SSSR count). The zero-order valence-corrected chi connectivity index (χ0v) is 7.82. The Bertz CT molecular complexity index is 560. The Labute approximate surface area is 86.0 Å². The normalized spacial score (nSPS) is 9.60. The van der Waals surface area contributed by atoms with Gasteiger partial charge in [0.2, 0.25) is 0 Å². The Hall–Kier alpha value is -2.28. The molecule has 0 spiro atoms. The second-order valence-corrected chi connectivity index (χ2v) is 2.98. The summed E-state index contributed by atoms with van der Waals surface area (Å²) >= 11 is 0. The minimum absolute atomic E-state index is 0.152. The molecule has 0 atom stereocenters. The molecule has 0 aliphatic rings. The van der Waals surface area contributed by atoms with Crippen LogP contribution in [-0.4, -0.2) is 21.0 Å². The number of aromatic nitrogens is 2. The lowest BCUT2D eigenvalue weighted by atomic mass is 10.2. The van der Waals surface area contributed by atoms with E-state index in [1.54, 1.807) is 6.33 Å². The summed E-state index contributed by atoms with van der Waals surface area (Å²) in [6.07, 6.45) is 1.44. The van der Waals surface area contributed by atoms with Crippen LogP contribution >= 0.6 is 0 Å². The molecule has 0 saturated carbocycles. The van der Waals surface area contributed by atoms with Gasteiger partial charge in [-0.05, 0) is 12.1 Å². The predicted octanol–water partition coefficient (Wildman–Crippen LogP) is 1.39. The average Bonchev–Trinajstić information content (AvgIpc) is 2.65. The number of carbonyl (C=O) groups is 1. The van der Waals surface area contributed by atoms with Crippen LogP contribution in [-0.2, 0) is 4.79 Å². The van der Waals surface area contributed by atoms with Crippen LogP contribution in [0.3, 0.4) is 0 Å². The summed E-state index contributed by atoms with van der Waals surface area (Å²) in [5.74, 6) is 4.45. The van der Waals surface area contributed by atoms with Crippen molar-refractivity contribution in [1.29, 1.82) is 0 Å². The number of rotatable bonds is 1. The quantitative estimate of drug-likeness (QED) is 0.683. The van der Waals surface area contributed by atoms with Crippen LogP contribution in [0.4, 0.5) is 0 Å². The number of H-pyrrole nitrogens is 1. The maximum atomic E-state index is 10.3. The van der Waals surface area contributed by atoms with Gasteiger partial charge < -0.3 is 10.1 Å². The maximum absolute atomic E-state index is 10.3. The number of para-hydroxylation sites is 1. The Morgan fingerprint density at radius 2 is 2.40 bits per heavy atom. The number of nitrogens with one attached hydrogen (secondary N) is 1. The molecule has 2 aromatic rings. The molecule has 0 fully saturated rings. The molecule has 0 saturated heterocycles. The second kappa shape index (κ2) is 3.84. The van der Waals surface area contributed by atoms with E-state index in [9.17, 15) is 4.79 Å². The van der Waals surface area contributed by atoms with Crippen molar-refractivity contribution in [2.24, 2.45) is 0 Å². The van der Waals surface area contributed by atoms with E-state index in [-0.39, 0.29) is 6.42 Å². The van der Waals surface area contributed by atoms with Crippen LogP contribution in [0.15, 0.2) is 24.5 Å². The molecule has 1 aromatic carbocycles. The molecule has 0 aliphatic heterocycles. The van der Waals surface area contributed by atoms with E-state index in [2.05, 4.69) is 21.8 Å². The molecular weight excluding hydrogens is 192 g/mol. The van der Waals surface area contributed by atoms with Crippen LogP contribution in [0.2, 0.25) is 0 Å². The third-order valence-corrected chi connectivity index (χ3v) is 1.91. The highest BCUT2D eigenvalue weighted by atomic mass is 16.4. The molecule has 15 heavy (non-hydrogen) atoms. The molecule has 4 nitrogen and oxygen atoms in total. The van der Waals surface area contributed by atoms with Gasteiger partial charge in [-0.2, -0.15) is 0 Å². The van der Waals surface area contributed by atoms with E-state index in [1.807, 2.05) is 18.2 Å². The zero-order chi connectivity index (χ0) is 10.7. The Kier molecular flexibility index (Phi) is 2.38. The van der Waals surface area contributed by atoms with E-state index in [4.69, 9.17) is 5.11 Å². The summed E-state index contributed by atoms with van der Waals surface area (Å²) in [5.41, 5.74) is 2.42. The van der Waals surface area contributed by atoms with Crippen LogP contribution in [0.5, 0.6) is 0 Å². The van der Waals surface area contributed by atoms with E-state index < -0.39 is 5.97 Å². The molecule has 4 heteroatoms. The summed E-state index contributed by atoms with van der Waals surface area (Å²) in [6, 6.07) is 5.56. The number of fused-ring (bicyclic) bond motifs is 1. The SMILES string of the molecule is O=C(O)CC#Cc1cccc2[nH]cnc12. The second-order valence-electron chi connectivity index (χ2n) is 2.98. The van der Waals surface area contributed by atoms with Crippen molar-refractivity contribution < 1.29 is 9.90 Å². The van der Waals surface area contributed by atoms with Gasteiger partial charge in [0.15, 0.2) is 0 Å². The summed E-state index contributed by atoms with van der Waals surface area (Å²) in [7, 11) is 0. The van der Waals surface area contributed by atoms with Crippen molar-refractivity contribution in [2.75, 3.05) is 0 Å². The highest BCUT2D eigenvalue weighted by Gasteiger charge is 1.99. The zero-order valence-electron chi connectivity index (χ0n) is 7.82. The van der Waals surface area contributed by atoms with Gasteiger partial charge in [0, 0.05) is 0 Å². The van der Waals surface area contributed by atoms with Crippen molar-refractivity contribution in [1.82, 2.24) is 9.97 Å². The first kappa shape index (κ1) is 9.28. The van der Waals surface area contributed by atoms with Gasteiger partial charge in [-0.15, -0.1) is 0 Å². The Balaban J connectivity index is 2.37. The van der Waals surface area contributed by atoms with Crippen molar-refractivity contribution >= 4 is 17.0 Å².